The van der Waals surface area contributed by atoms with Gasteiger partial charge in [0.15, 0.2) is 5.82 Å². The van der Waals surface area contributed by atoms with Gasteiger partial charge in [-0.2, -0.15) is 0 Å². The average molecular weight is 420 g/mol. The molecule has 0 saturated carbocycles. The van der Waals surface area contributed by atoms with Gasteiger partial charge < -0.3 is 14.5 Å². The van der Waals surface area contributed by atoms with E-state index < -0.39 is 0 Å². The maximum absolute atomic E-state index is 13.2. The van der Waals surface area contributed by atoms with Crippen LogP contribution in [0, 0.1) is 5.82 Å². The Morgan fingerprint density at radius 2 is 1.81 bits per heavy atom. The van der Waals surface area contributed by atoms with Crippen LogP contribution in [0.1, 0.15) is 12.8 Å². The first-order valence-corrected chi connectivity index (χ1v) is 10.5. The maximum Gasteiger partial charge on any atom is 0.222 e. The molecule has 0 spiro atoms. The molecule has 7 heteroatoms. The van der Waals surface area contributed by atoms with Crippen LogP contribution in [0.3, 0.4) is 0 Å². The third kappa shape index (κ3) is 5.57. The van der Waals surface area contributed by atoms with Crippen LogP contribution in [0.2, 0.25) is 0 Å². The number of benzene rings is 2. The van der Waals surface area contributed by atoms with Crippen LogP contribution < -0.4 is 9.64 Å². The van der Waals surface area contributed by atoms with E-state index in [0.29, 0.717) is 44.1 Å². The van der Waals surface area contributed by atoms with Gasteiger partial charge in [0.25, 0.3) is 0 Å². The number of aromatic nitrogens is 2. The van der Waals surface area contributed by atoms with E-state index in [1.54, 1.807) is 18.3 Å². The Hall–Kier alpha value is -3.48. The topological polar surface area (TPSA) is 58.6 Å². The summed E-state index contributed by atoms with van der Waals surface area (Å²) < 4.78 is 18.7. The van der Waals surface area contributed by atoms with E-state index in [0.717, 1.165) is 24.5 Å². The van der Waals surface area contributed by atoms with Crippen LogP contribution in [0.5, 0.6) is 5.75 Å². The zero-order valence-electron chi connectivity index (χ0n) is 17.3. The number of carbonyl (C=O) groups is 1. The van der Waals surface area contributed by atoms with E-state index in [9.17, 15) is 9.18 Å². The summed E-state index contributed by atoms with van der Waals surface area (Å²) in [7, 11) is 0. The highest BCUT2D eigenvalue weighted by Crippen LogP contribution is 2.19. The van der Waals surface area contributed by atoms with Crippen LogP contribution >= 0.6 is 0 Å². The van der Waals surface area contributed by atoms with Crippen molar-refractivity contribution in [1.82, 2.24) is 14.9 Å². The zero-order valence-corrected chi connectivity index (χ0v) is 17.3. The van der Waals surface area contributed by atoms with E-state index in [2.05, 4.69) is 9.88 Å². The Labute approximate surface area is 181 Å². The van der Waals surface area contributed by atoms with Gasteiger partial charge in [0, 0.05) is 50.4 Å². The summed E-state index contributed by atoms with van der Waals surface area (Å²) in [6, 6.07) is 17.8. The largest absolute Gasteiger partial charge is 0.493 e. The minimum absolute atomic E-state index is 0.121. The Balaban J connectivity index is 1.23. The number of rotatable bonds is 7. The summed E-state index contributed by atoms with van der Waals surface area (Å²) in [5.74, 6) is 1.86. The highest BCUT2D eigenvalue weighted by atomic mass is 19.1. The molecule has 1 saturated heterocycles. The predicted molar refractivity (Wildman–Crippen MR) is 117 cm³/mol. The second-order valence-electron chi connectivity index (χ2n) is 7.38. The smallest absolute Gasteiger partial charge is 0.222 e. The van der Waals surface area contributed by atoms with Crippen molar-refractivity contribution in [3.05, 3.63) is 72.7 Å². The lowest BCUT2D eigenvalue weighted by Gasteiger charge is -2.35. The summed E-state index contributed by atoms with van der Waals surface area (Å²) >= 11 is 0. The molecule has 160 valence electrons. The van der Waals surface area contributed by atoms with Gasteiger partial charge in [0.1, 0.15) is 17.4 Å². The third-order valence-electron chi connectivity index (χ3n) is 5.23. The monoisotopic (exact) mass is 420 g/mol. The Morgan fingerprint density at radius 1 is 1.00 bits per heavy atom. The number of piperazine rings is 1. The van der Waals surface area contributed by atoms with E-state index in [-0.39, 0.29) is 11.7 Å². The molecular formula is C24H25FN4O2. The number of nitrogens with zero attached hydrogens (tertiary/aromatic N) is 4. The first-order chi connectivity index (χ1) is 15.2. The lowest BCUT2D eigenvalue weighted by Crippen LogP contribution is -2.49. The molecule has 0 radical (unpaired) electrons. The third-order valence-corrected chi connectivity index (χ3v) is 5.23. The summed E-state index contributed by atoms with van der Waals surface area (Å²) in [5.41, 5.74) is 0.985. The highest BCUT2D eigenvalue weighted by molar-refractivity contribution is 5.76. The van der Waals surface area contributed by atoms with E-state index in [1.807, 2.05) is 41.3 Å². The number of ether oxygens (including phenoxy) is 1. The van der Waals surface area contributed by atoms with Gasteiger partial charge in [0.05, 0.1) is 6.61 Å². The molecule has 31 heavy (non-hydrogen) atoms. The number of anilines is 1. The minimum Gasteiger partial charge on any atom is -0.493 e. The van der Waals surface area contributed by atoms with Crippen molar-refractivity contribution < 1.29 is 13.9 Å². The number of hydrogen-bond acceptors (Lipinski definition) is 5. The molecule has 0 atom stereocenters. The molecule has 4 rings (SSSR count). The molecule has 2 heterocycles. The van der Waals surface area contributed by atoms with Crippen molar-refractivity contribution in [3.63, 3.8) is 0 Å². The van der Waals surface area contributed by atoms with Crippen molar-refractivity contribution in [1.29, 1.82) is 0 Å². The summed E-state index contributed by atoms with van der Waals surface area (Å²) in [4.78, 5) is 25.7. The molecule has 0 aliphatic carbocycles. The Bertz CT molecular complexity index is 1010. The normalized spacial score (nSPS) is 13.8. The van der Waals surface area contributed by atoms with Crippen molar-refractivity contribution in [2.75, 3.05) is 37.7 Å². The second-order valence-corrected chi connectivity index (χ2v) is 7.38. The van der Waals surface area contributed by atoms with E-state index in [1.165, 1.54) is 12.1 Å². The van der Waals surface area contributed by atoms with Crippen LogP contribution in [-0.2, 0) is 4.79 Å². The van der Waals surface area contributed by atoms with E-state index in [4.69, 9.17) is 9.72 Å². The van der Waals surface area contributed by atoms with Gasteiger partial charge in [-0.05, 0) is 24.6 Å². The van der Waals surface area contributed by atoms with Gasteiger partial charge in [-0.25, -0.2) is 14.4 Å². The molecule has 1 amide bonds. The summed E-state index contributed by atoms with van der Waals surface area (Å²) in [6.07, 6.45) is 2.80. The van der Waals surface area contributed by atoms with Gasteiger partial charge in [-0.3, -0.25) is 4.79 Å². The maximum atomic E-state index is 13.2. The average Bonchev–Trinajstić information content (AvgIpc) is 2.82. The van der Waals surface area contributed by atoms with Crippen LogP contribution in [0.4, 0.5) is 10.2 Å². The summed E-state index contributed by atoms with van der Waals surface area (Å²) in [5, 5.41) is 0. The molecule has 0 unspecified atom stereocenters. The Morgan fingerprint density at radius 3 is 2.58 bits per heavy atom. The second kappa shape index (κ2) is 10.0. The van der Waals surface area contributed by atoms with Crippen molar-refractivity contribution >= 4 is 11.7 Å². The highest BCUT2D eigenvalue weighted by Gasteiger charge is 2.22. The van der Waals surface area contributed by atoms with E-state index >= 15 is 0 Å². The van der Waals surface area contributed by atoms with Crippen molar-refractivity contribution in [2.45, 2.75) is 12.8 Å². The first-order valence-electron chi connectivity index (χ1n) is 10.5. The molecule has 0 N–H and O–H groups in total. The number of carbonyl (C=O) groups excluding carboxylic acids is 1. The van der Waals surface area contributed by atoms with Crippen LogP contribution in [0.25, 0.3) is 11.4 Å². The SMILES string of the molecule is O=C(CCCOc1cccc(F)c1)N1CCN(c2ccnc(-c3ccccc3)n2)CC1. The van der Waals surface area contributed by atoms with Gasteiger partial charge in [-0.15, -0.1) is 0 Å². The predicted octanol–water partition coefficient (Wildman–Crippen LogP) is 3.79. The zero-order chi connectivity index (χ0) is 21.5. The standard InChI is InChI=1S/C24H25FN4O2/c25-20-8-4-9-21(18-20)31-17-5-10-23(30)29-15-13-28(14-16-29)22-11-12-26-24(27-22)19-6-2-1-3-7-19/h1-4,6-9,11-12,18H,5,10,13-17H2. The molecule has 3 aromatic rings. The molecule has 0 bridgehead atoms. The number of hydrogen-bond donors (Lipinski definition) is 0. The minimum atomic E-state index is -0.328. The molecule has 6 nitrogen and oxygen atoms in total. The lowest BCUT2D eigenvalue weighted by atomic mass is 10.2. The van der Waals surface area contributed by atoms with Crippen molar-refractivity contribution in [2.24, 2.45) is 0 Å². The molecule has 1 aliphatic rings. The molecule has 1 aliphatic heterocycles. The molecule has 1 aromatic heterocycles. The lowest BCUT2D eigenvalue weighted by molar-refractivity contribution is -0.131. The fraction of sp³-hybridized carbons (Fsp3) is 0.292. The molecule has 1 fully saturated rings. The summed E-state index contributed by atoms with van der Waals surface area (Å²) in [6.45, 7) is 3.18. The van der Waals surface area contributed by atoms with Crippen LogP contribution in [-0.4, -0.2) is 53.6 Å². The number of amides is 1. The molecule has 2 aromatic carbocycles. The van der Waals surface area contributed by atoms with Gasteiger partial charge >= 0.3 is 0 Å². The fourth-order valence-electron chi connectivity index (χ4n) is 3.56. The fourth-order valence-corrected chi connectivity index (χ4v) is 3.56. The van der Waals surface area contributed by atoms with Crippen molar-refractivity contribution in [3.8, 4) is 17.1 Å². The van der Waals surface area contributed by atoms with Gasteiger partial charge in [0.2, 0.25) is 5.91 Å². The quantitative estimate of drug-likeness (QED) is 0.545. The first kappa shape index (κ1) is 20.8. The Kier molecular flexibility index (Phi) is 6.72. The van der Waals surface area contributed by atoms with Gasteiger partial charge in [-0.1, -0.05) is 36.4 Å². The number of halogens is 1. The van der Waals surface area contributed by atoms with Crippen LogP contribution in [0.15, 0.2) is 66.9 Å². The molecular weight excluding hydrogens is 395 g/mol.